The van der Waals surface area contributed by atoms with E-state index in [0.29, 0.717) is 18.9 Å². The molecule has 34 heavy (non-hydrogen) atoms. The van der Waals surface area contributed by atoms with Crippen molar-refractivity contribution in [2.24, 2.45) is 7.05 Å². The average molecular weight is 463 g/mol. The summed E-state index contributed by atoms with van der Waals surface area (Å²) in [6, 6.07) is 10.2. The highest BCUT2D eigenvalue weighted by Crippen LogP contribution is 2.37. The molecule has 9 heteroatoms. The van der Waals surface area contributed by atoms with Crippen molar-refractivity contribution in [3.05, 3.63) is 52.7 Å². The van der Waals surface area contributed by atoms with Crippen molar-refractivity contribution < 1.29 is 9.47 Å². The van der Waals surface area contributed by atoms with Gasteiger partial charge in [-0.05, 0) is 50.7 Å². The molecule has 0 spiro atoms. The van der Waals surface area contributed by atoms with Crippen LogP contribution in [0, 0.1) is 0 Å². The van der Waals surface area contributed by atoms with Crippen molar-refractivity contribution in [1.82, 2.24) is 29.2 Å². The molecular weight excluding hydrogens is 432 g/mol. The summed E-state index contributed by atoms with van der Waals surface area (Å²) >= 11 is 0. The van der Waals surface area contributed by atoms with E-state index in [1.807, 2.05) is 43.1 Å². The van der Waals surface area contributed by atoms with Crippen molar-refractivity contribution in [1.29, 1.82) is 0 Å². The molecule has 1 aliphatic rings. The number of ether oxygens (including phenoxy) is 2. The maximum absolute atomic E-state index is 13.1. The van der Waals surface area contributed by atoms with Crippen molar-refractivity contribution in [3.63, 3.8) is 0 Å². The van der Waals surface area contributed by atoms with Gasteiger partial charge in [-0.15, -0.1) is 10.2 Å². The number of methoxy groups -OCH3 is 1. The maximum Gasteiger partial charge on any atom is 0.330 e. The minimum absolute atomic E-state index is 0.0676. The number of rotatable bonds is 8. The van der Waals surface area contributed by atoms with Crippen molar-refractivity contribution in [3.8, 4) is 11.1 Å². The highest BCUT2D eigenvalue weighted by molar-refractivity contribution is 6.02. The largest absolute Gasteiger partial charge is 0.381 e. The lowest BCUT2D eigenvalue weighted by Gasteiger charge is -2.34. The van der Waals surface area contributed by atoms with E-state index in [-0.39, 0.29) is 17.8 Å². The van der Waals surface area contributed by atoms with E-state index in [0.717, 1.165) is 52.6 Å². The molecule has 0 radical (unpaired) electrons. The number of likely N-dealkylation sites (N-methyl/N-ethyl adjacent to an activating group) is 1. The first-order valence-electron chi connectivity index (χ1n) is 11.5. The second-order valence-electron chi connectivity index (χ2n) is 9.19. The lowest BCUT2D eigenvalue weighted by molar-refractivity contribution is 0.00635. The van der Waals surface area contributed by atoms with Crippen LogP contribution in [0.1, 0.15) is 24.6 Å². The van der Waals surface area contributed by atoms with Crippen molar-refractivity contribution in [2.75, 3.05) is 34.4 Å². The topological polar surface area (TPSA) is 87.3 Å². The van der Waals surface area contributed by atoms with Crippen LogP contribution in [0.2, 0.25) is 0 Å². The Kier molecular flexibility index (Phi) is 6.16. The Hall–Kier alpha value is -3.14. The number of pyridine rings is 1. The molecule has 5 rings (SSSR count). The molecule has 0 aliphatic heterocycles. The van der Waals surface area contributed by atoms with Gasteiger partial charge in [0.1, 0.15) is 5.52 Å². The first-order valence-corrected chi connectivity index (χ1v) is 11.5. The predicted molar refractivity (Wildman–Crippen MR) is 131 cm³/mol. The summed E-state index contributed by atoms with van der Waals surface area (Å²) < 4.78 is 14.6. The summed E-state index contributed by atoms with van der Waals surface area (Å²) in [5.74, 6) is 0. The van der Waals surface area contributed by atoms with Gasteiger partial charge in [-0.3, -0.25) is 14.1 Å². The van der Waals surface area contributed by atoms with Gasteiger partial charge in [-0.1, -0.05) is 12.1 Å². The molecule has 1 aromatic carbocycles. The van der Waals surface area contributed by atoms with Gasteiger partial charge < -0.3 is 14.4 Å². The fraction of sp³-hybridized carbons (Fsp3) is 0.440. The Morgan fingerprint density at radius 1 is 1.12 bits per heavy atom. The van der Waals surface area contributed by atoms with Crippen LogP contribution in [0.4, 0.5) is 0 Å². The van der Waals surface area contributed by atoms with E-state index in [9.17, 15) is 4.79 Å². The quantitative estimate of drug-likeness (QED) is 0.372. The molecule has 3 aromatic heterocycles. The highest BCUT2D eigenvalue weighted by Gasteiger charge is 2.34. The second-order valence-corrected chi connectivity index (χ2v) is 9.19. The summed E-state index contributed by atoms with van der Waals surface area (Å²) in [5, 5.41) is 9.65. The molecule has 0 N–H and O–H groups in total. The van der Waals surface area contributed by atoms with Crippen LogP contribution in [-0.2, 0) is 23.1 Å². The lowest BCUT2D eigenvalue weighted by Crippen LogP contribution is -2.37. The predicted octanol–water partition coefficient (Wildman–Crippen LogP) is 2.77. The summed E-state index contributed by atoms with van der Waals surface area (Å²) in [6.07, 6.45) is 3.70. The van der Waals surface area contributed by atoms with Gasteiger partial charge in [-0.25, -0.2) is 4.79 Å². The van der Waals surface area contributed by atoms with E-state index >= 15 is 0 Å². The zero-order valence-electron chi connectivity index (χ0n) is 20.1. The van der Waals surface area contributed by atoms with E-state index in [2.05, 4.69) is 32.2 Å². The third-order valence-corrected chi connectivity index (χ3v) is 6.63. The molecule has 0 unspecified atom stereocenters. The number of hydrogen-bond donors (Lipinski definition) is 0. The standard InChI is InChI=1S/C25H30N6O3/c1-29(2)9-10-34-15-18-7-5-17(14-26-18)16-6-8-22-21(11-16)23-24(28-27-22)30(3)25(32)31(23)19-12-20(13-19)33-4/h5-8,11,14,19-20H,9-10,12-13,15H2,1-4H3/t19-,20-. The molecule has 1 saturated carbocycles. The van der Waals surface area contributed by atoms with Crippen LogP contribution < -0.4 is 5.69 Å². The van der Waals surface area contributed by atoms with Crippen LogP contribution in [0.3, 0.4) is 0 Å². The molecular formula is C25H30N6O3. The van der Waals surface area contributed by atoms with Gasteiger partial charge in [0.05, 0.1) is 30.5 Å². The molecule has 0 amide bonds. The van der Waals surface area contributed by atoms with Gasteiger partial charge in [0, 0.05) is 43.9 Å². The van der Waals surface area contributed by atoms with Gasteiger partial charge in [0.15, 0.2) is 5.65 Å². The number of fused-ring (bicyclic) bond motifs is 3. The number of imidazole rings is 1. The first-order chi connectivity index (χ1) is 16.5. The zero-order valence-corrected chi connectivity index (χ0v) is 20.1. The Bertz CT molecular complexity index is 1370. The molecule has 4 aromatic rings. The fourth-order valence-electron chi connectivity index (χ4n) is 4.46. The number of benzene rings is 1. The van der Waals surface area contributed by atoms with E-state index in [4.69, 9.17) is 9.47 Å². The van der Waals surface area contributed by atoms with Crippen LogP contribution in [-0.4, -0.2) is 69.7 Å². The number of aromatic nitrogens is 5. The molecule has 1 fully saturated rings. The zero-order chi connectivity index (χ0) is 23.8. The number of hydrogen-bond acceptors (Lipinski definition) is 7. The minimum Gasteiger partial charge on any atom is -0.381 e. The molecule has 0 bridgehead atoms. The van der Waals surface area contributed by atoms with E-state index in [1.54, 1.807) is 18.7 Å². The van der Waals surface area contributed by atoms with Crippen LogP contribution in [0.25, 0.3) is 33.2 Å². The molecule has 1 aliphatic carbocycles. The summed E-state index contributed by atoms with van der Waals surface area (Å²) in [7, 11) is 7.52. The van der Waals surface area contributed by atoms with Gasteiger partial charge in [-0.2, -0.15) is 0 Å². The maximum atomic E-state index is 13.1. The van der Waals surface area contributed by atoms with Gasteiger partial charge in [0.2, 0.25) is 0 Å². The molecule has 178 valence electrons. The van der Waals surface area contributed by atoms with Crippen molar-refractivity contribution in [2.45, 2.75) is 31.6 Å². The third-order valence-electron chi connectivity index (χ3n) is 6.63. The normalized spacial score (nSPS) is 18.1. The first kappa shape index (κ1) is 22.6. The Balaban J connectivity index is 1.48. The molecule has 0 atom stereocenters. The summed E-state index contributed by atoms with van der Waals surface area (Å²) in [6.45, 7) is 2.04. The Morgan fingerprint density at radius 2 is 1.91 bits per heavy atom. The molecule has 0 saturated heterocycles. The third kappa shape index (κ3) is 4.11. The SMILES string of the molecule is CO[C@H]1C[C@H](n2c(=O)n(C)c3nnc4ccc(-c5ccc(COCCN(C)C)nc5)cc4c32)C1. The Labute approximate surface area is 197 Å². The highest BCUT2D eigenvalue weighted by atomic mass is 16.5. The number of nitrogens with zero attached hydrogens (tertiary/aromatic N) is 6. The number of aryl methyl sites for hydroxylation is 1. The van der Waals surface area contributed by atoms with E-state index in [1.165, 1.54) is 0 Å². The van der Waals surface area contributed by atoms with Crippen LogP contribution in [0.15, 0.2) is 41.3 Å². The van der Waals surface area contributed by atoms with Crippen molar-refractivity contribution >= 4 is 22.1 Å². The second kappa shape index (κ2) is 9.25. The van der Waals surface area contributed by atoms with Gasteiger partial charge in [0.25, 0.3) is 0 Å². The van der Waals surface area contributed by atoms with Crippen LogP contribution >= 0.6 is 0 Å². The van der Waals surface area contributed by atoms with Gasteiger partial charge >= 0.3 is 5.69 Å². The Morgan fingerprint density at radius 3 is 2.62 bits per heavy atom. The smallest absolute Gasteiger partial charge is 0.330 e. The monoisotopic (exact) mass is 462 g/mol. The summed E-state index contributed by atoms with van der Waals surface area (Å²) in [5.41, 5.74) is 5.03. The van der Waals surface area contributed by atoms with Crippen LogP contribution in [0.5, 0.6) is 0 Å². The summed E-state index contributed by atoms with van der Waals surface area (Å²) in [4.78, 5) is 19.8. The average Bonchev–Trinajstić information content (AvgIpc) is 3.07. The van der Waals surface area contributed by atoms with E-state index < -0.39 is 0 Å². The minimum atomic E-state index is -0.0676. The lowest BCUT2D eigenvalue weighted by atomic mass is 9.89. The molecule has 9 nitrogen and oxygen atoms in total. The molecule has 3 heterocycles. The fourth-order valence-corrected chi connectivity index (χ4v) is 4.46.